The standard InChI is InChI=1S/C4H6O6S.Na.H/c5-3(6)1-2-4(7)10-11(8)9;;/h1-2H2,(H,5,6)(H,8,9);;/q;+1;-1/p-1. The number of carbonyl (C=O) groups is 2. The molecule has 8 heteroatoms. The van der Waals surface area contributed by atoms with Gasteiger partial charge in [0.1, 0.15) is 11.4 Å². The van der Waals surface area contributed by atoms with Gasteiger partial charge in [-0.25, -0.2) is 4.21 Å². The zero-order chi connectivity index (χ0) is 8.85. The fourth-order valence-electron chi connectivity index (χ4n) is 0.327. The van der Waals surface area contributed by atoms with Crippen LogP contribution in [0.25, 0.3) is 0 Å². The van der Waals surface area contributed by atoms with E-state index in [0.29, 0.717) is 0 Å². The van der Waals surface area contributed by atoms with Crippen molar-refractivity contribution >= 4 is 23.3 Å². The van der Waals surface area contributed by atoms with Gasteiger partial charge in [-0.1, -0.05) is 0 Å². The van der Waals surface area contributed by atoms with E-state index in [1.807, 2.05) is 0 Å². The molecule has 0 aliphatic carbocycles. The zero-order valence-electron chi connectivity index (χ0n) is 7.31. The first kappa shape index (κ1) is 14.6. The minimum atomic E-state index is -2.90. The number of aliphatic carboxylic acids is 1. The van der Waals surface area contributed by atoms with Crippen molar-refractivity contribution in [3.8, 4) is 0 Å². The van der Waals surface area contributed by atoms with Gasteiger partial charge in [0.15, 0.2) is 0 Å². The van der Waals surface area contributed by atoms with Crippen molar-refractivity contribution in [2.75, 3.05) is 0 Å². The molecule has 0 spiro atoms. The second kappa shape index (κ2) is 7.69. The van der Waals surface area contributed by atoms with Crippen molar-refractivity contribution in [3.05, 3.63) is 0 Å². The van der Waals surface area contributed by atoms with Gasteiger partial charge in [-0.2, -0.15) is 0 Å². The molecule has 0 radical (unpaired) electrons. The third kappa shape index (κ3) is 10.0. The van der Waals surface area contributed by atoms with Crippen LogP contribution in [0.4, 0.5) is 0 Å². The molecule has 0 aliphatic heterocycles. The topological polar surface area (TPSA) is 104 Å². The minimum absolute atomic E-state index is 0. The summed E-state index contributed by atoms with van der Waals surface area (Å²) in [6.07, 6.45) is -0.876. The molecule has 0 saturated heterocycles. The van der Waals surface area contributed by atoms with Crippen LogP contribution in [0.5, 0.6) is 0 Å². The van der Waals surface area contributed by atoms with E-state index >= 15 is 0 Å². The Bertz CT molecular complexity index is 197. The maximum atomic E-state index is 10.3. The summed E-state index contributed by atoms with van der Waals surface area (Å²) in [5, 5.41) is 8.03. The van der Waals surface area contributed by atoms with Crippen molar-refractivity contribution in [1.29, 1.82) is 0 Å². The van der Waals surface area contributed by atoms with E-state index in [-0.39, 0.29) is 31.0 Å². The average molecular weight is 205 g/mol. The minimum Gasteiger partial charge on any atom is -1.00 e. The fourth-order valence-corrected chi connectivity index (χ4v) is 0.562. The second-order valence-electron chi connectivity index (χ2n) is 1.55. The number of hydrogen-bond donors (Lipinski definition) is 1. The van der Waals surface area contributed by atoms with Gasteiger partial charge >= 0.3 is 41.5 Å². The maximum absolute atomic E-state index is 10.3. The first-order valence-corrected chi connectivity index (χ1v) is 3.54. The van der Waals surface area contributed by atoms with E-state index in [2.05, 4.69) is 4.18 Å². The number of carboxylic acid groups (broad SMARTS) is 1. The largest absolute Gasteiger partial charge is 1.00 e. The number of rotatable bonds is 4. The predicted molar refractivity (Wildman–Crippen MR) is 33.0 cm³/mol. The van der Waals surface area contributed by atoms with Crippen molar-refractivity contribution in [2.45, 2.75) is 12.8 Å². The summed E-state index contributed by atoms with van der Waals surface area (Å²) in [5.41, 5.74) is 0. The molecular weight excluding hydrogens is 199 g/mol. The number of hydrogen-bond acceptors (Lipinski definition) is 5. The van der Waals surface area contributed by atoms with Crippen LogP contribution in [0.15, 0.2) is 0 Å². The molecule has 1 unspecified atom stereocenters. The summed E-state index contributed by atoms with van der Waals surface area (Å²) in [5.74, 6) is -2.25. The third-order valence-electron chi connectivity index (χ3n) is 0.704. The molecule has 66 valence electrons. The van der Waals surface area contributed by atoms with Gasteiger partial charge in [-0.05, 0) is 0 Å². The molecule has 0 rings (SSSR count). The van der Waals surface area contributed by atoms with Gasteiger partial charge in [0.05, 0.1) is 12.8 Å². The quantitative estimate of drug-likeness (QED) is 0.374. The number of carboxylic acids is 1. The normalized spacial score (nSPS) is 11.1. The van der Waals surface area contributed by atoms with E-state index in [4.69, 9.17) is 5.11 Å². The summed E-state index contributed by atoms with van der Waals surface area (Å²) >= 11 is -2.90. The Balaban J connectivity index is -0.000000500. The van der Waals surface area contributed by atoms with Crippen LogP contribution in [0, 0.1) is 0 Å². The molecule has 6 nitrogen and oxygen atoms in total. The Morgan fingerprint density at radius 2 is 2.00 bits per heavy atom. The van der Waals surface area contributed by atoms with E-state index in [9.17, 15) is 18.4 Å². The van der Waals surface area contributed by atoms with Crippen LogP contribution in [0.1, 0.15) is 14.3 Å². The van der Waals surface area contributed by atoms with Crippen LogP contribution in [0.3, 0.4) is 0 Å². The summed E-state index contributed by atoms with van der Waals surface area (Å²) in [4.78, 5) is 20.1. The summed E-state index contributed by atoms with van der Waals surface area (Å²) in [7, 11) is 0. The zero-order valence-corrected chi connectivity index (χ0v) is 9.13. The average Bonchev–Trinajstić information content (AvgIpc) is 1.82. The van der Waals surface area contributed by atoms with Gasteiger partial charge in [-0.15, -0.1) is 0 Å². The Hall–Kier alpha value is 0.0500. The van der Waals surface area contributed by atoms with Crippen molar-refractivity contribution in [3.63, 3.8) is 0 Å². The first-order valence-electron chi connectivity index (χ1n) is 2.54. The predicted octanol–water partition coefficient (Wildman–Crippen LogP) is -3.69. The molecule has 0 fully saturated rings. The van der Waals surface area contributed by atoms with Gasteiger partial charge in [-0.3, -0.25) is 9.59 Å². The van der Waals surface area contributed by atoms with Crippen molar-refractivity contribution in [1.82, 2.24) is 0 Å². The molecule has 1 N–H and O–H groups in total. The van der Waals surface area contributed by atoms with Crippen LogP contribution < -0.4 is 29.6 Å². The monoisotopic (exact) mass is 205 g/mol. The fraction of sp³-hybridized carbons (Fsp3) is 0.500. The molecular formula is C4H6NaO6S-. The molecule has 0 saturated carbocycles. The van der Waals surface area contributed by atoms with Crippen molar-refractivity contribution < 1.29 is 58.6 Å². The molecule has 0 aliphatic rings. The summed E-state index contributed by atoms with van der Waals surface area (Å²) < 4.78 is 22.9. The second-order valence-corrected chi connectivity index (χ2v) is 2.13. The molecule has 0 heterocycles. The summed E-state index contributed by atoms with van der Waals surface area (Å²) in [6, 6.07) is 0. The molecule has 0 bridgehead atoms. The Kier molecular flexibility index (Phi) is 9.33. The van der Waals surface area contributed by atoms with Crippen molar-refractivity contribution in [2.24, 2.45) is 0 Å². The molecule has 0 amide bonds. The Morgan fingerprint density at radius 3 is 2.33 bits per heavy atom. The molecule has 0 aromatic carbocycles. The van der Waals surface area contributed by atoms with E-state index < -0.39 is 36.1 Å². The first-order chi connectivity index (χ1) is 5.02. The SMILES string of the molecule is O=C(O)CCC(=O)OS(=O)[O-].[H-].[Na+]. The molecule has 0 aromatic rings. The van der Waals surface area contributed by atoms with Gasteiger partial charge in [0.2, 0.25) is 0 Å². The van der Waals surface area contributed by atoms with Gasteiger partial charge < -0.3 is 15.3 Å². The van der Waals surface area contributed by atoms with Gasteiger partial charge in [0.25, 0.3) is 0 Å². The van der Waals surface area contributed by atoms with E-state index in [1.165, 1.54) is 0 Å². The van der Waals surface area contributed by atoms with Crippen LogP contribution >= 0.6 is 0 Å². The van der Waals surface area contributed by atoms with Crippen LogP contribution in [0.2, 0.25) is 0 Å². The molecule has 12 heavy (non-hydrogen) atoms. The Morgan fingerprint density at radius 1 is 1.50 bits per heavy atom. The number of carbonyl (C=O) groups excluding carboxylic acids is 1. The molecule has 0 aromatic heterocycles. The van der Waals surface area contributed by atoms with Crippen LogP contribution in [-0.2, 0) is 25.1 Å². The molecule has 1 atom stereocenters. The maximum Gasteiger partial charge on any atom is 1.00 e. The van der Waals surface area contributed by atoms with Gasteiger partial charge in [0, 0.05) is 0 Å². The Labute approximate surface area is 94.5 Å². The van der Waals surface area contributed by atoms with E-state index in [1.54, 1.807) is 0 Å². The smallest absolute Gasteiger partial charge is 1.00 e. The summed E-state index contributed by atoms with van der Waals surface area (Å²) in [6.45, 7) is 0. The third-order valence-corrected chi connectivity index (χ3v) is 1.03. The van der Waals surface area contributed by atoms with Crippen LogP contribution in [-0.4, -0.2) is 25.8 Å². The van der Waals surface area contributed by atoms with E-state index in [0.717, 1.165) is 0 Å².